The van der Waals surface area contributed by atoms with E-state index >= 15 is 0 Å². The highest BCUT2D eigenvalue weighted by Crippen LogP contribution is 2.36. The summed E-state index contributed by atoms with van der Waals surface area (Å²) in [4.78, 5) is 10.4. The molecule has 0 spiro atoms. The van der Waals surface area contributed by atoms with Gasteiger partial charge in [0.2, 0.25) is 5.75 Å². The van der Waals surface area contributed by atoms with Gasteiger partial charge in [-0.2, -0.15) is 0 Å². The Labute approximate surface area is 114 Å². The van der Waals surface area contributed by atoms with Gasteiger partial charge in [-0.05, 0) is 18.6 Å². The number of halogens is 1. The summed E-state index contributed by atoms with van der Waals surface area (Å²) in [7, 11) is 0. The highest BCUT2D eigenvalue weighted by molar-refractivity contribution is 5.54. The van der Waals surface area contributed by atoms with Crippen LogP contribution in [0.2, 0.25) is 0 Å². The number of rotatable bonds is 4. The smallest absolute Gasteiger partial charge is 0.311 e. The van der Waals surface area contributed by atoms with E-state index in [1.807, 2.05) is 0 Å². The van der Waals surface area contributed by atoms with Crippen molar-refractivity contribution in [2.75, 3.05) is 0 Å². The van der Waals surface area contributed by atoms with Crippen molar-refractivity contribution in [1.29, 1.82) is 0 Å². The second-order valence-electron chi connectivity index (χ2n) is 4.17. The maximum absolute atomic E-state index is 13.8. The van der Waals surface area contributed by atoms with Gasteiger partial charge in [0, 0.05) is 11.6 Å². The largest absolute Gasteiger partial charge is 0.446 e. The lowest BCUT2D eigenvalue weighted by atomic mass is 10.1. The van der Waals surface area contributed by atoms with Crippen molar-refractivity contribution in [1.82, 2.24) is 0 Å². The SMILES string of the molecule is Cc1cccc([N+](=O)[O-])c1Oc1c(F)cccc1CO. The Morgan fingerprint density at radius 2 is 1.95 bits per heavy atom. The van der Waals surface area contributed by atoms with E-state index in [2.05, 4.69) is 0 Å². The van der Waals surface area contributed by atoms with Crippen LogP contribution in [0.3, 0.4) is 0 Å². The molecule has 0 atom stereocenters. The monoisotopic (exact) mass is 277 g/mol. The van der Waals surface area contributed by atoms with Gasteiger partial charge in [-0.15, -0.1) is 0 Å². The summed E-state index contributed by atoms with van der Waals surface area (Å²) in [5, 5.41) is 20.2. The van der Waals surface area contributed by atoms with Crippen LogP contribution >= 0.6 is 0 Å². The molecule has 0 heterocycles. The minimum absolute atomic E-state index is 0.0303. The number of aliphatic hydroxyl groups is 1. The average molecular weight is 277 g/mol. The molecular formula is C14H12FNO4. The lowest BCUT2D eigenvalue weighted by Gasteiger charge is -2.12. The molecule has 1 N–H and O–H groups in total. The van der Waals surface area contributed by atoms with Crippen LogP contribution in [0.15, 0.2) is 36.4 Å². The number of hydrogen-bond donors (Lipinski definition) is 1. The Balaban J connectivity index is 2.53. The van der Waals surface area contributed by atoms with Crippen LogP contribution in [0.1, 0.15) is 11.1 Å². The van der Waals surface area contributed by atoms with Gasteiger partial charge < -0.3 is 9.84 Å². The van der Waals surface area contributed by atoms with Crippen molar-refractivity contribution < 1.29 is 19.2 Å². The maximum atomic E-state index is 13.8. The van der Waals surface area contributed by atoms with Crippen LogP contribution in [0.4, 0.5) is 10.1 Å². The van der Waals surface area contributed by atoms with Crippen LogP contribution in [0.5, 0.6) is 11.5 Å². The second-order valence-corrected chi connectivity index (χ2v) is 4.17. The summed E-state index contributed by atoms with van der Waals surface area (Å²) in [5.74, 6) is -0.918. The molecule has 0 aromatic heterocycles. The zero-order valence-electron chi connectivity index (χ0n) is 10.7. The average Bonchev–Trinajstić information content (AvgIpc) is 2.42. The Kier molecular flexibility index (Phi) is 3.95. The van der Waals surface area contributed by atoms with E-state index in [9.17, 15) is 19.6 Å². The molecule has 0 amide bonds. The molecule has 20 heavy (non-hydrogen) atoms. The summed E-state index contributed by atoms with van der Waals surface area (Å²) in [6.07, 6.45) is 0. The highest BCUT2D eigenvalue weighted by atomic mass is 19.1. The first-order valence-electron chi connectivity index (χ1n) is 5.84. The fourth-order valence-corrected chi connectivity index (χ4v) is 1.81. The van der Waals surface area contributed by atoms with Crippen molar-refractivity contribution in [2.45, 2.75) is 13.5 Å². The molecule has 6 heteroatoms. The first kappa shape index (κ1) is 14.0. The number of nitrogens with zero attached hydrogens (tertiary/aromatic N) is 1. The Morgan fingerprint density at radius 3 is 2.60 bits per heavy atom. The molecule has 0 fully saturated rings. The molecule has 0 radical (unpaired) electrons. The number of para-hydroxylation sites is 2. The third-order valence-corrected chi connectivity index (χ3v) is 2.81. The molecular weight excluding hydrogens is 265 g/mol. The molecule has 0 aliphatic rings. The Bertz CT molecular complexity index is 658. The van der Waals surface area contributed by atoms with Gasteiger partial charge in [0.15, 0.2) is 11.6 Å². The van der Waals surface area contributed by atoms with E-state index in [0.717, 1.165) is 0 Å². The van der Waals surface area contributed by atoms with Crippen molar-refractivity contribution in [3.05, 3.63) is 63.5 Å². The Hall–Kier alpha value is -2.47. The maximum Gasteiger partial charge on any atom is 0.311 e. The molecule has 2 aromatic rings. The van der Waals surface area contributed by atoms with Crippen molar-refractivity contribution in [2.24, 2.45) is 0 Å². The summed E-state index contributed by atoms with van der Waals surface area (Å²) < 4.78 is 19.2. The first-order chi connectivity index (χ1) is 9.54. The summed E-state index contributed by atoms with van der Waals surface area (Å²) in [6, 6.07) is 8.51. The Morgan fingerprint density at radius 1 is 1.25 bits per heavy atom. The van der Waals surface area contributed by atoms with E-state index in [-0.39, 0.29) is 22.7 Å². The first-order valence-corrected chi connectivity index (χ1v) is 5.84. The van der Waals surface area contributed by atoms with Gasteiger partial charge in [0.1, 0.15) is 0 Å². The summed E-state index contributed by atoms with van der Waals surface area (Å²) in [5.41, 5.74) is 0.478. The van der Waals surface area contributed by atoms with Gasteiger partial charge in [0.05, 0.1) is 11.5 Å². The summed E-state index contributed by atoms with van der Waals surface area (Å²) in [6.45, 7) is 1.20. The number of hydrogen-bond acceptors (Lipinski definition) is 4. The molecule has 5 nitrogen and oxygen atoms in total. The number of aliphatic hydroxyl groups excluding tert-OH is 1. The van der Waals surface area contributed by atoms with Crippen molar-refractivity contribution in [3.8, 4) is 11.5 Å². The van der Waals surface area contributed by atoms with Gasteiger partial charge in [-0.3, -0.25) is 10.1 Å². The normalized spacial score (nSPS) is 10.3. The van der Waals surface area contributed by atoms with E-state index < -0.39 is 17.3 Å². The van der Waals surface area contributed by atoms with Gasteiger partial charge in [0.25, 0.3) is 0 Å². The molecule has 0 unspecified atom stereocenters. The third kappa shape index (κ3) is 2.60. The fourth-order valence-electron chi connectivity index (χ4n) is 1.81. The topological polar surface area (TPSA) is 72.6 Å². The van der Waals surface area contributed by atoms with Crippen LogP contribution in [-0.4, -0.2) is 10.0 Å². The van der Waals surface area contributed by atoms with E-state index in [0.29, 0.717) is 5.56 Å². The third-order valence-electron chi connectivity index (χ3n) is 2.81. The number of nitro groups is 1. The quantitative estimate of drug-likeness (QED) is 0.687. The van der Waals surface area contributed by atoms with Crippen LogP contribution in [0, 0.1) is 22.9 Å². The second kappa shape index (κ2) is 5.66. The fraction of sp³-hybridized carbons (Fsp3) is 0.143. The number of ether oxygens (including phenoxy) is 1. The van der Waals surface area contributed by atoms with E-state index in [1.54, 1.807) is 13.0 Å². The number of aryl methyl sites for hydroxylation is 1. The molecule has 0 bridgehead atoms. The van der Waals surface area contributed by atoms with Crippen LogP contribution < -0.4 is 4.74 Å². The van der Waals surface area contributed by atoms with Gasteiger partial charge in [-0.1, -0.05) is 24.3 Å². The van der Waals surface area contributed by atoms with Crippen LogP contribution in [0.25, 0.3) is 0 Å². The van der Waals surface area contributed by atoms with Crippen molar-refractivity contribution in [3.63, 3.8) is 0 Å². The van der Waals surface area contributed by atoms with E-state index in [1.165, 1.54) is 30.3 Å². The van der Waals surface area contributed by atoms with Gasteiger partial charge >= 0.3 is 5.69 Å². The molecule has 104 valence electrons. The summed E-state index contributed by atoms with van der Waals surface area (Å²) >= 11 is 0. The molecule has 0 saturated carbocycles. The molecule has 2 rings (SSSR count). The lowest BCUT2D eigenvalue weighted by molar-refractivity contribution is -0.385. The zero-order valence-corrected chi connectivity index (χ0v) is 10.7. The number of nitro benzene ring substituents is 1. The molecule has 2 aromatic carbocycles. The molecule has 0 aliphatic heterocycles. The van der Waals surface area contributed by atoms with Crippen molar-refractivity contribution >= 4 is 5.69 Å². The minimum atomic E-state index is -0.686. The molecule has 0 saturated heterocycles. The van der Waals surface area contributed by atoms with Gasteiger partial charge in [-0.25, -0.2) is 4.39 Å². The van der Waals surface area contributed by atoms with E-state index in [4.69, 9.17) is 4.74 Å². The molecule has 0 aliphatic carbocycles. The predicted octanol–water partition coefficient (Wildman–Crippen LogP) is 3.33. The minimum Gasteiger partial charge on any atom is -0.446 e. The lowest BCUT2D eigenvalue weighted by Crippen LogP contribution is -1.99. The number of benzene rings is 2. The standard InChI is InChI=1S/C14H12FNO4/c1-9-4-2-7-12(16(18)19)13(9)20-14-10(8-17)5-3-6-11(14)15/h2-7,17H,8H2,1H3. The van der Waals surface area contributed by atoms with Crippen LogP contribution in [-0.2, 0) is 6.61 Å². The zero-order chi connectivity index (χ0) is 14.7. The highest BCUT2D eigenvalue weighted by Gasteiger charge is 2.20. The predicted molar refractivity (Wildman–Crippen MR) is 70.2 cm³/mol.